The van der Waals surface area contributed by atoms with E-state index in [9.17, 15) is 27.1 Å². The van der Waals surface area contributed by atoms with Gasteiger partial charge in [0.15, 0.2) is 10.8 Å². The smallest absolute Gasteiger partial charge is 0.412 e. The Morgan fingerprint density at radius 2 is 1.92 bits per heavy atom. The molecule has 1 amide bonds. The summed E-state index contributed by atoms with van der Waals surface area (Å²) in [7, 11) is -2.68. The van der Waals surface area contributed by atoms with E-state index in [-0.39, 0.29) is 5.03 Å². The number of imidazole rings is 1. The number of hydrogen-bond acceptors (Lipinski definition) is 4. The molecule has 0 saturated carbocycles. The number of hydrogen-bond donors (Lipinski definition) is 2. The van der Waals surface area contributed by atoms with Crippen LogP contribution in [-0.2, 0) is 17.1 Å². The molecule has 0 aliphatic rings. The Morgan fingerprint density at radius 3 is 2.38 bits per heavy atom. The number of carboxylic acid groups (broad SMARTS) is 1. The Bertz CT molecular complexity index is 951. The van der Waals surface area contributed by atoms with Crippen molar-refractivity contribution >= 4 is 27.5 Å². The summed E-state index contributed by atoms with van der Waals surface area (Å²) >= 11 is 0. The Morgan fingerprint density at radius 1 is 1.31 bits per heavy atom. The van der Waals surface area contributed by atoms with E-state index in [2.05, 4.69) is 4.98 Å². The minimum absolute atomic E-state index is 0.365. The first-order valence-corrected chi connectivity index (χ1v) is 8.85. The van der Waals surface area contributed by atoms with Crippen molar-refractivity contribution in [2.45, 2.75) is 31.3 Å². The SMILES string of the molecule is Cn1cnc(S(=O)(=O)Nc2ccc(F)c(N(C(=O)O)C(C)(C)C)c2F)c1. The molecule has 1 aromatic carbocycles. The van der Waals surface area contributed by atoms with Gasteiger partial charge in [-0.05, 0) is 32.9 Å². The summed E-state index contributed by atoms with van der Waals surface area (Å²) in [4.78, 5) is 15.7. The number of amides is 1. The van der Waals surface area contributed by atoms with E-state index < -0.39 is 44.7 Å². The molecule has 2 N–H and O–H groups in total. The molecule has 1 aromatic heterocycles. The van der Waals surface area contributed by atoms with Gasteiger partial charge in [-0.1, -0.05) is 0 Å². The summed E-state index contributed by atoms with van der Waals surface area (Å²) < 4.78 is 56.9. The van der Waals surface area contributed by atoms with Crippen LogP contribution in [0.4, 0.5) is 25.0 Å². The molecule has 0 spiro atoms. The molecule has 0 bridgehead atoms. The maximum atomic E-state index is 14.8. The standard InChI is InChI=1S/C15H18F2N4O4S/c1-15(2,3)21(14(22)23)13-9(16)5-6-10(12(13)17)19-26(24,25)11-7-20(4)8-18-11/h5-8,19H,1-4H3,(H,22,23). The van der Waals surface area contributed by atoms with Crippen LogP contribution in [0.2, 0.25) is 0 Å². The first kappa shape index (κ1) is 19.6. The Balaban J connectivity index is 2.55. The van der Waals surface area contributed by atoms with Gasteiger partial charge >= 0.3 is 6.09 Å². The lowest BCUT2D eigenvalue weighted by Crippen LogP contribution is -2.46. The van der Waals surface area contributed by atoms with Crippen molar-refractivity contribution in [2.24, 2.45) is 7.05 Å². The number of nitrogens with zero attached hydrogens (tertiary/aromatic N) is 3. The second kappa shape index (κ2) is 6.56. The number of sulfonamides is 1. The molecule has 8 nitrogen and oxygen atoms in total. The molecule has 0 atom stereocenters. The monoisotopic (exact) mass is 388 g/mol. The van der Waals surface area contributed by atoms with Crippen LogP contribution in [0, 0.1) is 11.6 Å². The van der Waals surface area contributed by atoms with Crippen LogP contribution in [0.3, 0.4) is 0 Å². The minimum atomic E-state index is -4.24. The first-order valence-electron chi connectivity index (χ1n) is 7.36. The number of anilines is 2. The fourth-order valence-corrected chi connectivity index (χ4v) is 3.31. The van der Waals surface area contributed by atoms with E-state index in [1.807, 2.05) is 4.72 Å². The number of halogens is 2. The molecule has 2 aromatic rings. The van der Waals surface area contributed by atoms with Crippen LogP contribution in [0.25, 0.3) is 0 Å². The molecule has 0 radical (unpaired) electrons. The van der Waals surface area contributed by atoms with Crippen molar-refractivity contribution in [3.8, 4) is 0 Å². The lowest BCUT2D eigenvalue weighted by molar-refractivity contribution is 0.195. The van der Waals surface area contributed by atoms with Gasteiger partial charge in [-0.25, -0.2) is 18.6 Å². The van der Waals surface area contributed by atoms with Gasteiger partial charge in [-0.15, -0.1) is 0 Å². The third-order valence-corrected chi connectivity index (χ3v) is 4.60. The van der Waals surface area contributed by atoms with E-state index in [1.54, 1.807) is 7.05 Å². The highest BCUT2D eigenvalue weighted by Gasteiger charge is 2.34. The predicted molar refractivity (Wildman–Crippen MR) is 90.6 cm³/mol. The maximum absolute atomic E-state index is 14.8. The van der Waals surface area contributed by atoms with E-state index in [0.29, 0.717) is 4.90 Å². The molecule has 0 aliphatic heterocycles. The molecular formula is C15H18F2N4O4S. The molecule has 0 fully saturated rings. The van der Waals surface area contributed by atoms with Gasteiger partial charge in [0.1, 0.15) is 11.5 Å². The lowest BCUT2D eigenvalue weighted by atomic mass is 10.0. The van der Waals surface area contributed by atoms with Crippen LogP contribution >= 0.6 is 0 Å². The molecule has 1 heterocycles. The van der Waals surface area contributed by atoms with E-state index >= 15 is 0 Å². The van der Waals surface area contributed by atoms with Gasteiger partial charge in [0, 0.05) is 18.8 Å². The van der Waals surface area contributed by atoms with Crippen molar-refractivity contribution in [3.63, 3.8) is 0 Å². The van der Waals surface area contributed by atoms with Crippen molar-refractivity contribution < 1.29 is 27.1 Å². The second-order valence-corrected chi connectivity index (χ2v) is 8.16. The van der Waals surface area contributed by atoms with E-state index in [4.69, 9.17) is 0 Å². The maximum Gasteiger partial charge on any atom is 0.412 e. The van der Waals surface area contributed by atoms with E-state index in [0.717, 1.165) is 12.1 Å². The van der Waals surface area contributed by atoms with Crippen LogP contribution in [-0.4, -0.2) is 34.7 Å². The summed E-state index contributed by atoms with van der Waals surface area (Å²) in [5, 5.41) is 8.99. The lowest BCUT2D eigenvalue weighted by Gasteiger charge is -2.33. The van der Waals surface area contributed by atoms with Gasteiger partial charge in [0.25, 0.3) is 10.0 Å². The van der Waals surface area contributed by atoms with Crippen LogP contribution in [0.15, 0.2) is 29.7 Å². The highest BCUT2D eigenvalue weighted by atomic mass is 32.2. The number of nitrogens with one attached hydrogen (secondary N) is 1. The van der Waals surface area contributed by atoms with Gasteiger partial charge in [-0.3, -0.25) is 9.62 Å². The fraction of sp³-hybridized carbons (Fsp3) is 0.333. The number of carbonyl (C=O) groups is 1. The number of benzene rings is 1. The summed E-state index contributed by atoms with van der Waals surface area (Å²) in [5.74, 6) is -2.48. The largest absolute Gasteiger partial charge is 0.465 e. The normalized spacial score (nSPS) is 12.1. The zero-order valence-corrected chi connectivity index (χ0v) is 15.3. The number of aromatic nitrogens is 2. The molecule has 0 unspecified atom stereocenters. The highest BCUT2D eigenvalue weighted by molar-refractivity contribution is 7.92. The predicted octanol–water partition coefficient (Wildman–Crippen LogP) is 2.78. The summed E-state index contributed by atoms with van der Waals surface area (Å²) in [5.41, 5.74) is -2.64. The summed E-state index contributed by atoms with van der Waals surface area (Å²) in [6.45, 7) is 4.35. The number of rotatable bonds is 4. The van der Waals surface area contributed by atoms with Crippen molar-refractivity contribution in [1.82, 2.24) is 9.55 Å². The van der Waals surface area contributed by atoms with Gasteiger partial charge in [0.2, 0.25) is 0 Å². The van der Waals surface area contributed by atoms with Crippen molar-refractivity contribution in [1.29, 1.82) is 0 Å². The summed E-state index contributed by atoms with van der Waals surface area (Å²) in [6, 6.07) is 1.66. The van der Waals surface area contributed by atoms with Crippen molar-refractivity contribution in [2.75, 3.05) is 9.62 Å². The van der Waals surface area contributed by atoms with E-state index in [1.165, 1.54) is 37.9 Å². The molecule has 0 saturated heterocycles. The Kier molecular flexibility index (Phi) is 4.95. The molecule has 142 valence electrons. The quantitative estimate of drug-likeness (QED) is 0.838. The second-order valence-electron chi connectivity index (χ2n) is 6.53. The van der Waals surface area contributed by atoms with Crippen molar-refractivity contribution in [3.05, 3.63) is 36.3 Å². The molecule has 11 heteroatoms. The van der Waals surface area contributed by atoms with Crippen LogP contribution in [0.1, 0.15) is 20.8 Å². The molecule has 26 heavy (non-hydrogen) atoms. The van der Waals surface area contributed by atoms with Crippen LogP contribution < -0.4 is 9.62 Å². The number of aryl methyl sites for hydroxylation is 1. The average molecular weight is 388 g/mol. The van der Waals surface area contributed by atoms with Gasteiger partial charge in [-0.2, -0.15) is 8.42 Å². The summed E-state index contributed by atoms with van der Waals surface area (Å²) in [6.07, 6.45) is 0.857. The van der Waals surface area contributed by atoms with Crippen LogP contribution in [0.5, 0.6) is 0 Å². The fourth-order valence-electron chi connectivity index (χ4n) is 2.27. The minimum Gasteiger partial charge on any atom is -0.465 e. The van der Waals surface area contributed by atoms with Gasteiger partial charge in [0.05, 0.1) is 12.0 Å². The Labute approximate surface area is 149 Å². The molecule has 0 aliphatic carbocycles. The average Bonchev–Trinajstić information content (AvgIpc) is 2.92. The highest BCUT2D eigenvalue weighted by Crippen LogP contribution is 2.34. The third-order valence-electron chi connectivity index (χ3n) is 3.35. The first-order chi connectivity index (χ1) is 11.8. The van der Waals surface area contributed by atoms with Gasteiger partial charge < -0.3 is 9.67 Å². The molecular weight excluding hydrogens is 370 g/mol. The Hall–Kier alpha value is -2.69. The topological polar surface area (TPSA) is 105 Å². The zero-order chi connectivity index (χ0) is 19.9. The molecule has 2 rings (SSSR count). The zero-order valence-electron chi connectivity index (χ0n) is 14.5. The third kappa shape index (κ3) is 3.77.